The van der Waals surface area contributed by atoms with Gasteiger partial charge >= 0.3 is 0 Å². The summed E-state index contributed by atoms with van der Waals surface area (Å²) in [5.74, 6) is 0.797. The fourth-order valence-electron chi connectivity index (χ4n) is 4.12. The SMILES string of the molecule is CC(C)CC1(C(=O)N(C)CC2(O)CCNC2)CCCC1. The van der Waals surface area contributed by atoms with Gasteiger partial charge in [-0.2, -0.15) is 0 Å². The topological polar surface area (TPSA) is 52.6 Å². The number of carbonyl (C=O) groups is 1. The molecular formula is C16H30N2O2. The highest BCUT2D eigenvalue weighted by Gasteiger charge is 2.44. The Hall–Kier alpha value is -0.610. The van der Waals surface area contributed by atoms with Crippen molar-refractivity contribution in [1.82, 2.24) is 10.2 Å². The van der Waals surface area contributed by atoms with Crippen molar-refractivity contribution < 1.29 is 9.90 Å². The van der Waals surface area contributed by atoms with Gasteiger partial charge in [-0.3, -0.25) is 4.79 Å². The lowest BCUT2D eigenvalue weighted by Gasteiger charge is -2.36. The molecule has 20 heavy (non-hydrogen) atoms. The van der Waals surface area contributed by atoms with E-state index in [9.17, 15) is 9.90 Å². The van der Waals surface area contributed by atoms with E-state index in [4.69, 9.17) is 0 Å². The molecular weight excluding hydrogens is 252 g/mol. The molecule has 2 aliphatic rings. The molecule has 1 saturated heterocycles. The van der Waals surface area contributed by atoms with E-state index >= 15 is 0 Å². The van der Waals surface area contributed by atoms with Gasteiger partial charge in [0, 0.05) is 19.0 Å². The Balaban J connectivity index is 2.03. The molecule has 1 aliphatic heterocycles. The monoisotopic (exact) mass is 282 g/mol. The van der Waals surface area contributed by atoms with Gasteiger partial charge in [-0.15, -0.1) is 0 Å². The summed E-state index contributed by atoms with van der Waals surface area (Å²) < 4.78 is 0. The molecule has 4 nitrogen and oxygen atoms in total. The largest absolute Gasteiger partial charge is 0.387 e. The fraction of sp³-hybridized carbons (Fsp3) is 0.938. The molecule has 1 unspecified atom stereocenters. The molecule has 0 aromatic rings. The first-order valence-electron chi connectivity index (χ1n) is 8.06. The molecule has 1 aliphatic carbocycles. The second-order valence-electron chi connectivity index (χ2n) is 7.40. The average molecular weight is 282 g/mol. The zero-order valence-electron chi connectivity index (χ0n) is 13.2. The summed E-state index contributed by atoms with van der Waals surface area (Å²) >= 11 is 0. The third-order valence-electron chi connectivity index (χ3n) is 4.91. The first-order valence-corrected chi connectivity index (χ1v) is 8.06. The lowest BCUT2D eigenvalue weighted by Crippen LogP contribution is -2.49. The molecule has 0 aromatic heterocycles. The van der Waals surface area contributed by atoms with Crippen LogP contribution in [-0.2, 0) is 4.79 Å². The van der Waals surface area contributed by atoms with Gasteiger partial charge < -0.3 is 15.3 Å². The van der Waals surface area contributed by atoms with Crippen LogP contribution in [0.15, 0.2) is 0 Å². The van der Waals surface area contributed by atoms with Crippen molar-refractivity contribution in [3.05, 3.63) is 0 Å². The normalized spacial score (nSPS) is 29.1. The summed E-state index contributed by atoms with van der Waals surface area (Å²) in [6, 6.07) is 0. The van der Waals surface area contributed by atoms with Crippen molar-refractivity contribution in [2.75, 3.05) is 26.7 Å². The number of amides is 1. The van der Waals surface area contributed by atoms with E-state index in [0.717, 1.165) is 45.1 Å². The lowest BCUT2D eigenvalue weighted by molar-refractivity contribution is -0.144. The number of aliphatic hydroxyl groups is 1. The maximum absolute atomic E-state index is 12.9. The Kier molecular flexibility index (Phi) is 4.75. The molecule has 116 valence electrons. The Bertz CT molecular complexity index is 342. The van der Waals surface area contributed by atoms with E-state index in [0.29, 0.717) is 19.0 Å². The minimum atomic E-state index is -0.734. The number of hydrogen-bond acceptors (Lipinski definition) is 3. The maximum atomic E-state index is 12.9. The smallest absolute Gasteiger partial charge is 0.228 e. The van der Waals surface area contributed by atoms with Crippen LogP contribution in [0.5, 0.6) is 0 Å². The van der Waals surface area contributed by atoms with Crippen LogP contribution < -0.4 is 5.32 Å². The van der Waals surface area contributed by atoms with Gasteiger partial charge in [-0.25, -0.2) is 0 Å². The number of rotatable bonds is 5. The zero-order chi connectivity index (χ0) is 14.8. The predicted octanol–water partition coefficient (Wildman–Crippen LogP) is 1.78. The Labute approximate surface area is 122 Å². The van der Waals surface area contributed by atoms with Gasteiger partial charge in [0.05, 0.1) is 12.1 Å². The number of nitrogens with one attached hydrogen (secondary N) is 1. The van der Waals surface area contributed by atoms with Crippen molar-refractivity contribution in [2.45, 2.75) is 58.0 Å². The maximum Gasteiger partial charge on any atom is 0.228 e. The van der Waals surface area contributed by atoms with Crippen molar-refractivity contribution >= 4 is 5.91 Å². The van der Waals surface area contributed by atoms with Crippen molar-refractivity contribution in [1.29, 1.82) is 0 Å². The number of nitrogens with zero attached hydrogens (tertiary/aromatic N) is 1. The van der Waals surface area contributed by atoms with Crippen LogP contribution in [0.4, 0.5) is 0 Å². The van der Waals surface area contributed by atoms with Gasteiger partial charge in [-0.1, -0.05) is 26.7 Å². The minimum absolute atomic E-state index is 0.161. The van der Waals surface area contributed by atoms with Crippen molar-refractivity contribution in [3.63, 3.8) is 0 Å². The number of hydrogen-bond donors (Lipinski definition) is 2. The molecule has 1 atom stereocenters. The minimum Gasteiger partial charge on any atom is -0.387 e. The molecule has 0 aromatic carbocycles. The summed E-state index contributed by atoms with van der Waals surface area (Å²) in [4.78, 5) is 14.7. The van der Waals surface area contributed by atoms with E-state index in [1.54, 1.807) is 4.90 Å². The molecule has 4 heteroatoms. The Morgan fingerprint density at radius 2 is 1.95 bits per heavy atom. The van der Waals surface area contributed by atoms with E-state index in [2.05, 4.69) is 19.2 Å². The number of carbonyl (C=O) groups excluding carboxylic acids is 1. The van der Waals surface area contributed by atoms with Gasteiger partial charge in [-0.05, 0) is 38.1 Å². The highest BCUT2D eigenvalue weighted by Crippen LogP contribution is 2.44. The number of likely N-dealkylation sites (N-methyl/N-ethyl adjacent to an activating group) is 1. The Morgan fingerprint density at radius 1 is 1.30 bits per heavy atom. The fourth-order valence-corrected chi connectivity index (χ4v) is 4.12. The molecule has 2 rings (SSSR count). The van der Waals surface area contributed by atoms with Crippen LogP contribution >= 0.6 is 0 Å². The van der Waals surface area contributed by atoms with Crippen LogP contribution in [0.25, 0.3) is 0 Å². The first-order chi connectivity index (χ1) is 9.37. The van der Waals surface area contributed by atoms with Crippen molar-refractivity contribution in [2.24, 2.45) is 11.3 Å². The second-order valence-corrected chi connectivity index (χ2v) is 7.40. The lowest BCUT2D eigenvalue weighted by atomic mass is 9.77. The molecule has 0 radical (unpaired) electrons. The van der Waals surface area contributed by atoms with Crippen LogP contribution in [0.1, 0.15) is 52.4 Å². The summed E-state index contributed by atoms with van der Waals surface area (Å²) in [6.45, 7) is 6.29. The summed E-state index contributed by atoms with van der Waals surface area (Å²) in [6.07, 6.45) is 6.08. The Morgan fingerprint density at radius 3 is 2.45 bits per heavy atom. The van der Waals surface area contributed by atoms with E-state index in [1.165, 1.54) is 0 Å². The number of β-amino-alcohol motifs (C(OH)–C–C–N with tert-alkyl or cyclic N) is 1. The summed E-state index contributed by atoms with van der Waals surface area (Å²) in [5.41, 5.74) is -0.895. The van der Waals surface area contributed by atoms with Gasteiger partial charge in [0.1, 0.15) is 0 Å². The average Bonchev–Trinajstić information content (AvgIpc) is 2.98. The molecule has 1 amide bonds. The van der Waals surface area contributed by atoms with Gasteiger partial charge in [0.15, 0.2) is 0 Å². The third-order valence-corrected chi connectivity index (χ3v) is 4.91. The third kappa shape index (κ3) is 3.34. The molecule has 1 heterocycles. The van der Waals surface area contributed by atoms with Gasteiger partial charge in [0.2, 0.25) is 5.91 Å². The van der Waals surface area contributed by atoms with Crippen LogP contribution in [0, 0.1) is 11.3 Å². The highest BCUT2D eigenvalue weighted by molar-refractivity contribution is 5.83. The van der Waals surface area contributed by atoms with Crippen molar-refractivity contribution in [3.8, 4) is 0 Å². The van der Waals surface area contributed by atoms with E-state index < -0.39 is 5.60 Å². The predicted molar refractivity (Wildman–Crippen MR) is 80.4 cm³/mol. The van der Waals surface area contributed by atoms with E-state index in [-0.39, 0.29) is 11.3 Å². The molecule has 0 spiro atoms. The van der Waals surface area contributed by atoms with Crippen LogP contribution in [0.2, 0.25) is 0 Å². The summed E-state index contributed by atoms with van der Waals surface area (Å²) in [7, 11) is 1.86. The van der Waals surface area contributed by atoms with Crippen LogP contribution in [0.3, 0.4) is 0 Å². The second kappa shape index (κ2) is 6.02. The molecule has 0 bridgehead atoms. The first kappa shape index (κ1) is 15.8. The van der Waals surface area contributed by atoms with E-state index in [1.807, 2.05) is 7.05 Å². The standard InChI is InChI=1S/C16H30N2O2/c1-13(2)10-15(6-4-5-7-15)14(19)18(3)12-16(20)8-9-17-11-16/h13,17,20H,4-12H2,1-3H3. The quantitative estimate of drug-likeness (QED) is 0.808. The van der Waals surface area contributed by atoms with Crippen LogP contribution in [-0.4, -0.2) is 48.2 Å². The highest BCUT2D eigenvalue weighted by atomic mass is 16.3. The summed E-state index contributed by atoms with van der Waals surface area (Å²) in [5, 5.41) is 13.6. The molecule has 1 saturated carbocycles. The molecule has 2 N–H and O–H groups in total. The van der Waals surface area contributed by atoms with Gasteiger partial charge in [0.25, 0.3) is 0 Å². The zero-order valence-corrected chi connectivity index (χ0v) is 13.2. The molecule has 2 fully saturated rings.